The van der Waals surface area contributed by atoms with Gasteiger partial charge in [-0.1, -0.05) is 0 Å². The van der Waals surface area contributed by atoms with Crippen molar-refractivity contribution in [3.63, 3.8) is 0 Å². The largest absolute Gasteiger partial charge is 0.385 e. The van der Waals surface area contributed by atoms with Gasteiger partial charge in [0.2, 0.25) is 10.0 Å². The zero-order valence-electron chi connectivity index (χ0n) is 9.10. The summed E-state index contributed by atoms with van der Waals surface area (Å²) in [5.74, 6) is 0. The molecular formula is C9H16N2O3S2. The maximum atomic E-state index is 11.8. The van der Waals surface area contributed by atoms with Gasteiger partial charge in [0.25, 0.3) is 0 Å². The van der Waals surface area contributed by atoms with Crippen molar-refractivity contribution in [2.75, 3.05) is 20.3 Å². The summed E-state index contributed by atoms with van der Waals surface area (Å²) in [4.78, 5) is 0.969. The molecule has 0 unspecified atom stereocenters. The molecule has 0 bridgehead atoms. The summed E-state index contributed by atoms with van der Waals surface area (Å²) in [5, 5.41) is 1.73. The highest BCUT2D eigenvalue weighted by molar-refractivity contribution is 7.89. The standard InChI is InChI=1S/C9H16N2O3S2/c1-14-5-2-4-11-16(12,13)9-3-6-15-8(9)7-10/h3,6,11H,2,4-5,7,10H2,1H3. The predicted octanol–water partition coefficient (Wildman–Crippen LogP) is 0.522. The fourth-order valence-electron chi connectivity index (χ4n) is 1.22. The summed E-state index contributed by atoms with van der Waals surface area (Å²) in [6, 6.07) is 1.57. The summed E-state index contributed by atoms with van der Waals surface area (Å²) in [7, 11) is -1.83. The van der Waals surface area contributed by atoms with E-state index in [1.165, 1.54) is 11.3 Å². The van der Waals surface area contributed by atoms with Gasteiger partial charge in [-0.25, -0.2) is 13.1 Å². The Kier molecular flexibility index (Phi) is 5.36. The SMILES string of the molecule is COCCCNS(=O)(=O)c1ccsc1CN. The Balaban J connectivity index is 2.64. The van der Waals surface area contributed by atoms with Crippen molar-refractivity contribution < 1.29 is 13.2 Å². The average molecular weight is 264 g/mol. The number of hydrogen-bond acceptors (Lipinski definition) is 5. The molecule has 0 aliphatic rings. The molecule has 92 valence electrons. The van der Waals surface area contributed by atoms with Gasteiger partial charge in [-0.2, -0.15) is 0 Å². The minimum absolute atomic E-state index is 0.242. The molecule has 0 spiro atoms. The number of sulfonamides is 1. The van der Waals surface area contributed by atoms with Crippen LogP contribution in [0.3, 0.4) is 0 Å². The summed E-state index contributed by atoms with van der Waals surface area (Å²) in [6.07, 6.45) is 0.651. The zero-order valence-corrected chi connectivity index (χ0v) is 10.7. The maximum Gasteiger partial charge on any atom is 0.241 e. The summed E-state index contributed by atoms with van der Waals surface area (Å²) < 4.78 is 31.0. The van der Waals surface area contributed by atoms with Crippen molar-refractivity contribution in [1.82, 2.24) is 4.72 Å². The highest BCUT2D eigenvalue weighted by atomic mass is 32.2. The molecular weight excluding hydrogens is 248 g/mol. The fraction of sp³-hybridized carbons (Fsp3) is 0.556. The molecule has 0 radical (unpaired) electrons. The van der Waals surface area contributed by atoms with Crippen LogP contribution in [0.1, 0.15) is 11.3 Å². The molecule has 5 nitrogen and oxygen atoms in total. The van der Waals surface area contributed by atoms with Gasteiger partial charge in [-0.15, -0.1) is 11.3 Å². The Labute approximate surface area is 99.7 Å². The highest BCUT2D eigenvalue weighted by Crippen LogP contribution is 2.20. The first-order valence-corrected chi connectivity index (χ1v) is 7.23. The van der Waals surface area contributed by atoms with E-state index in [1.807, 2.05) is 0 Å². The number of thiophene rings is 1. The van der Waals surface area contributed by atoms with E-state index < -0.39 is 10.0 Å². The zero-order chi connectivity index (χ0) is 12.0. The maximum absolute atomic E-state index is 11.8. The molecule has 3 N–H and O–H groups in total. The van der Waals surface area contributed by atoms with Crippen molar-refractivity contribution in [2.45, 2.75) is 17.9 Å². The fourth-order valence-corrected chi connectivity index (χ4v) is 3.63. The van der Waals surface area contributed by atoms with Crippen LogP contribution in [0.4, 0.5) is 0 Å². The number of ether oxygens (including phenoxy) is 1. The van der Waals surface area contributed by atoms with Crippen molar-refractivity contribution in [2.24, 2.45) is 5.73 Å². The van der Waals surface area contributed by atoms with E-state index in [0.717, 1.165) is 0 Å². The van der Waals surface area contributed by atoms with E-state index in [0.29, 0.717) is 24.4 Å². The summed E-state index contributed by atoms with van der Waals surface area (Å²) in [5.41, 5.74) is 5.47. The Morgan fingerprint density at radius 3 is 2.94 bits per heavy atom. The van der Waals surface area contributed by atoms with Gasteiger partial charge >= 0.3 is 0 Å². The van der Waals surface area contributed by atoms with Crippen LogP contribution in [0.25, 0.3) is 0 Å². The van der Waals surface area contributed by atoms with Crippen molar-refractivity contribution >= 4 is 21.4 Å². The van der Waals surface area contributed by atoms with Crippen LogP contribution in [0.2, 0.25) is 0 Å². The highest BCUT2D eigenvalue weighted by Gasteiger charge is 2.17. The second kappa shape index (κ2) is 6.31. The van der Waals surface area contributed by atoms with Gasteiger partial charge in [-0.05, 0) is 17.9 Å². The molecule has 0 amide bonds. The molecule has 0 aromatic carbocycles. The first-order valence-electron chi connectivity index (χ1n) is 4.87. The minimum atomic E-state index is -3.42. The van der Waals surface area contributed by atoms with Gasteiger partial charge in [0.15, 0.2) is 0 Å². The van der Waals surface area contributed by atoms with Gasteiger partial charge in [0.05, 0.1) is 4.90 Å². The Hall–Kier alpha value is -0.470. The van der Waals surface area contributed by atoms with E-state index in [1.54, 1.807) is 18.6 Å². The number of nitrogens with one attached hydrogen (secondary N) is 1. The van der Waals surface area contributed by atoms with E-state index in [-0.39, 0.29) is 11.4 Å². The lowest BCUT2D eigenvalue weighted by Gasteiger charge is -2.06. The van der Waals surface area contributed by atoms with E-state index in [4.69, 9.17) is 10.5 Å². The first kappa shape index (κ1) is 13.6. The molecule has 1 heterocycles. The molecule has 0 saturated heterocycles. The number of rotatable bonds is 7. The summed E-state index contributed by atoms with van der Waals surface area (Å²) >= 11 is 1.35. The predicted molar refractivity (Wildman–Crippen MR) is 63.9 cm³/mol. The Morgan fingerprint density at radius 2 is 2.31 bits per heavy atom. The quantitative estimate of drug-likeness (QED) is 0.704. The number of hydrogen-bond donors (Lipinski definition) is 2. The van der Waals surface area contributed by atoms with Crippen molar-refractivity contribution in [1.29, 1.82) is 0 Å². The third kappa shape index (κ3) is 3.53. The van der Waals surface area contributed by atoms with Crippen LogP contribution in [0.15, 0.2) is 16.3 Å². The van der Waals surface area contributed by atoms with Crippen LogP contribution in [0, 0.1) is 0 Å². The smallest absolute Gasteiger partial charge is 0.241 e. The lowest BCUT2D eigenvalue weighted by Crippen LogP contribution is -2.26. The van der Waals surface area contributed by atoms with E-state index >= 15 is 0 Å². The van der Waals surface area contributed by atoms with Crippen molar-refractivity contribution in [3.05, 3.63) is 16.3 Å². The second-order valence-corrected chi connectivity index (χ2v) is 5.89. The molecule has 1 aromatic rings. The lowest BCUT2D eigenvalue weighted by atomic mass is 10.5. The van der Waals surface area contributed by atoms with Gasteiger partial charge in [-0.3, -0.25) is 0 Å². The Bertz CT molecular complexity index is 414. The third-order valence-electron chi connectivity index (χ3n) is 2.00. The number of methoxy groups -OCH3 is 1. The van der Waals surface area contributed by atoms with Crippen molar-refractivity contribution in [3.8, 4) is 0 Å². The molecule has 16 heavy (non-hydrogen) atoms. The van der Waals surface area contributed by atoms with Gasteiger partial charge < -0.3 is 10.5 Å². The second-order valence-electron chi connectivity index (χ2n) is 3.16. The minimum Gasteiger partial charge on any atom is -0.385 e. The molecule has 1 rings (SSSR count). The molecule has 0 aliphatic heterocycles. The van der Waals surface area contributed by atoms with Crippen LogP contribution in [-0.2, 0) is 21.3 Å². The molecule has 1 aromatic heterocycles. The lowest BCUT2D eigenvalue weighted by molar-refractivity contribution is 0.196. The first-order chi connectivity index (χ1) is 7.61. The van der Waals surface area contributed by atoms with Crippen LogP contribution < -0.4 is 10.5 Å². The normalized spacial score (nSPS) is 11.9. The van der Waals surface area contributed by atoms with Gasteiger partial charge in [0.1, 0.15) is 0 Å². The Morgan fingerprint density at radius 1 is 1.56 bits per heavy atom. The van der Waals surface area contributed by atoms with Gasteiger partial charge in [0, 0.05) is 31.7 Å². The van der Waals surface area contributed by atoms with Crippen LogP contribution in [-0.4, -0.2) is 28.7 Å². The van der Waals surface area contributed by atoms with Crippen LogP contribution >= 0.6 is 11.3 Å². The molecule has 0 fully saturated rings. The average Bonchev–Trinajstić information content (AvgIpc) is 2.73. The molecule has 7 heteroatoms. The monoisotopic (exact) mass is 264 g/mol. The van der Waals surface area contributed by atoms with E-state index in [9.17, 15) is 8.42 Å². The number of nitrogens with two attached hydrogens (primary N) is 1. The molecule has 0 atom stereocenters. The molecule has 0 aliphatic carbocycles. The third-order valence-corrected chi connectivity index (χ3v) is 4.61. The topological polar surface area (TPSA) is 81.4 Å². The van der Waals surface area contributed by atoms with E-state index in [2.05, 4.69) is 4.72 Å². The summed E-state index contributed by atoms with van der Waals surface area (Å²) in [6.45, 7) is 1.15. The van der Waals surface area contributed by atoms with Crippen LogP contribution in [0.5, 0.6) is 0 Å². The molecule has 0 saturated carbocycles.